The topological polar surface area (TPSA) is 540 Å². The molecule has 30 nitrogen and oxygen atoms in total. The molecule has 1 saturated carbocycles. The molecule has 24 N–H and O–H groups in total. The summed E-state index contributed by atoms with van der Waals surface area (Å²) < 4.78 is 0. The molecule has 0 aromatic carbocycles. The summed E-state index contributed by atoms with van der Waals surface area (Å²) in [4.78, 5) is 120. The Morgan fingerprint density at radius 2 is 0.891 bits per heavy atom. The van der Waals surface area contributed by atoms with Crippen LogP contribution in [0.25, 0.3) is 0 Å². The fraction of sp³-hybridized carbons (Fsp3) is 0.596. The number of aliphatic hydroxyl groups is 3. The summed E-state index contributed by atoms with van der Waals surface area (Å²) in [6.07, 6.45) is 75.0. The number of carboxylic acid groups (broad SMARTS) is 3. The first-order valence-corrected chi connectivity index (χ1v) is 47.2. The first-order chi connectivity index (χ1) is 61.9. The molecular formula is C99H155N15O15. The minimum Gasteiger partial charge on any atom is -0.479 e. The Labute approximate surface area is 765 Å². The predicted octanol–water partition coefficient (Wildman–Crippen LogP) is 14.4. The number of nitrogens with two attached hydrogens (primary N) is 6. The van der Waals surface area contributed by atoms with E-state index < -0.39 is 90.2 Å². The van der Waals surface area contributed by atoms with Gasteiger partial charge in [0.2, 0.25) is 0 Å². The van der Waals surface area contributed by atoms with Gasteiger partial charge in [-0.25, -0.2) is 43.7 Å². The lowest BCUT2D eigenvalue weighted by molar-refractivity contribution is -0.138. The van der Waals surface area contributed by atoms with Crippen molar-refractivity contribution in [3.63, 3.8) is 0 Å². The zero-order valence-electron chi connectivity index (χ0n) is 77.3. The maximum Gasteiger partial charge on any atom is 0.330 e. The van der Waals surface area contributed by atoms with Crippen molar-refractivity contribution < 1.29 is 73.8 Å². The number of aliphatic imine (C=N–C) groups is 3. The summed E-state index contributed by atoms with van der Waals surface area (Å²) in [6, 6.07) is -6.39. The van der Waals surface area contributed by atoms with Crippen LogP contribution in [0.1, 0.15) is 279 Å². The first kappa shape index (κ1) is 111. The van der Waals surface area contributed by atoms with Crippen LogP contribution in [-0.2, 0) is 28.8 Å². The Morgan fingerprint density at radius 1 is 0.442 bits per heavy atom. The summed E-state index contributed by atoms with van der Waals surface area (Å²) in [6.45, 7) is 10.1. The van der Waals surface area contributed by atoms with Gasteiger partial charge in [0.15, 0.2) is 17.9 Å². The molecule has 716 valence electrons. The maximum atomic E-state index is 12.5. The molecule has 0 aromatic rings. The number of imide groups is 3. The van der Waals surface area contributed by atoms with Crippen LogP contribution in [0.3, 0.4) is 0 Å². The molecule has 0 aliphatic heterocycles. The van der Waals surface area contributed by atoms with Crippen LogP contribution in [0.4, 0.5) is 14.4 Å². The molecule has 12 unspecified atom stereocenters. The summed E-state index contributed by atoms with van der Waals surface area (Å²) in [5.74, 6) is -2.13. The minimum atomic E-state index is -1.12. The number of guanidine groups is 3. The van der Waals surface area contributed by atoms with E-state index in [1.165, 1.54) is 75.2 Å². The number of amides is 9. The summed E-state index contributed by atoms with van der Waals surface area (Å²) in [5, 5.41) is 75.7. The van der Waals surface area contributed by atoms with Gasteiger partial charge in [0.05, 0.1) is 37.9 Å². The number of carbonyl (C=O) groups is 9. The Bertz CT molecular complexity index is 4080. The van der Waals surface area contributed by atoms with E-state index in [9.17, 15) is 73.8 Å². The second-order valence-corrected chi connectivity index (χ2v) is 34.7. The third kappa shape index (κ3) is 48.5. The fourth-order valence-electron chi connectivity index (χ4n) is 16.7. The molecule has 0 bridgehead atoms. The number of aliphatic carboxylic acids is 3. The highest BCUT2D eigenvalue weighted by atomic mass is 16.4. The normalized spacial score (nSPS) is 21.1. The van der Waals surface area contributed by atoms with E-state index in [1.807, 2.05) is 48.0 Å². The van der Waals surface area contributed by atoms with Gasteiger partial charge in [0, 0.05) is 16.7 Å². The highest BCUT2D eigenvalue weighted by molar-refractivity contribution is 6.05. The van der Waals surface area contributed by atoms with E-state index in [0.717, 1.165) is 177 Å². The molecule has 129 heavy (non-hydrogen) atoms. The van der Waals surface area contributed by atoms with Gasteiger partial charge in [-0.15, -0.1) is 0 Å². The van der Waals surface area contributed by atoms with Crippen LogP contribution in [0.15, 0.2) is 182 Å². The highest BCUT2D eigenvalue weighted by Gasteiger charge is 2.28. The lowest BCUT2D eigenvalue weighted by atomic mass is 9.75. The molecule has 9 amide bonds. The summed E-state index contributed by atoms with van der Waals surface area (Å²) in [5.41, 5.74) is 37.5. The average molecular weight is 1800 g/mol. The Hall–Kier alpha value is -10.7. The fourth-order valence-corrected chi connectivity index (χ4v) is 16.7. The highest BCUT2D eigenvalue weighted by Crippen LogP contribution is 2.38. The van der Waals surface area contributed by atoms with Gasteiger partial charge in [0.25, 0.3) is 17.7 Å². The molecule has 0 spiro atoms. The van der Waals surface area contributed by atoms with Crippen molar-refractivity contribution >= 4 is 71.6 Å². The van der Waals surface area contributed by atoms with Crippen LogP contribution in [0.5, 0.6) is 0 Å². The van der Waals surface area contributed by atoms with Crippen LogP contribution in [0, 0.1) is 41.4 Å². The van der Waals surface area contributed by atoms with Crippen molar-refractivity contribution in [3.8, 4) is 0 Å². The van der Waals surface area contributed by atoms with Gasteiger partial charge in [-0.05, 0) is 230 Å². The molecule has 6 rings (SSSR count). The average Bonchev–Trinajstić information content (AvgIpc) is 1.14. The predicted molar refractivity (Wildman–Crippen MR) is 513 cm³/mol. The molecule has 0 radical (unpaired) electrons. The molecular weight excluding hydrogens is 1640 g/mol. The van der Waals surface area contributed by atoms with Crippen molar-refractivity contribution in [3.05, 3.63) is 167 Å². The second-order valence-electron chi connectivity index (χ2n) is 34.7. The molecule has 6 aliphatic rings. The van der Waals surface area contributed by atoms with Crippen molar-refractivity contribution in [2.75, 3.05) is 19.6 Å². The van der Waals surface area contributed by atoms with Crippen molar-refractivity contribution in [2.24, 2.45) is 90.8 Å². The van der Waals surface area contributed by atoms with Crippen LogP contribution in [-0.4, -0.2) is 158 Å². The number of nitrogens with one attached hydrogen (secondary N) is 6. The number of hydrogen-bond donors (Lipinski definition) is 18. The summed E-state index contributed by atoms with van der Waals surface area (Å²) in [7, 11) is 0. The van der Waals surface area contributed by atoms with Crippen LogP contribution < -0.4 is 66.3 Å². The number of unbranched alkanes of at least 4 members (excludes halogenated alkanes) is 7. The number of rotatable bonds is 51. The smallest absolute Gasteiger partial charge is 0.330 e. The van der Waals surface area contributed by atoms with Crippen LogP contribution >= 0.6 is 0 Å². The molecule has 0 saturated heterocycles. The Morgan fingerprint density at radius 3 is 1.35 bits per heavy atom. The number of aliphatic hydroxyl groups excluding tert-OH is 3. The SMILES string of the molecule is CCCCCC(=C/C(NC(N)=NC/C=C(\C(=O)NC(N)=O)C(O)CCCC)C(=O)O)/C=C/CC1CC=C2C=CCCC2C1.CCCCCC(=C/C(NC(N)=NC/C=C(\C(=O)NC(N)=O)C(O)CCCC1CCCC1)C(=O)O)/C=C/CC1CC=CCC1.CCCCCC(O)/C(=C/CN=C(N)NC(/C=C(\C=C\CC1C=CCCC1)CC1CC=CC(C)C1)C(=O)O)C(=O)NC(N)=O. The number of allylic oxidation sites excluding steroid dienone is 19. The van der Waals surface area contributed by atoms with Gasteiger partial charge < -0.3 is 81.0 Å². The van der Waals surface area contributed by atoms with Gasteiger partial charge in [0.1, 0.15) is 18.1 Å². The molecule has 0 heterocycles. The third-order valence-corrected chi connectivity index (χ3v) is 23.8. The van der Waals surface area contributed by atoms with Gasteiger partial charge in [-0.1, -0.05) is 240 Å². The number of urea groups is 3. The number of carboxylic acids is 3. The number of primary amides is 3. The van der Waals surface area contributed by atoms with E-state index in [1.54, 1.807) is 18.2 Å². The molecule has 6 aliphatic carbocycles. The molecule has 12 atom stereocenters. The van der Waals surface area contributed by atoms with Crippen molar-refractivity contribution in [1.29, 1.82) is 0 Å². The van der Waals surface area contributed by atoms with E-state index in [0.29, 0.717) is 73.5 Å². The number of fused-ring (bicyclic) bond motifs is 1. The third-order valence-electron chi connectivity index (χ3n) is 23.8. The number of hydrogen-bond acceptors (Lipinski definition) is 15. The number of carbonyl (C=O) groups excluding carboxylic acids is 6. The minimum absolute atomic E-state index is 0.0201. The Kier molecular flexibility index (Phi) is 55.7. The van der Waals surface area contributed by atoms with Gasteiger partial charge >= 0.3 is 36.0 Å². The lowest BCUT2D eigenvalue weighted by Gasteiger charge is -2.30. The summed E-state index contributed by atoms with van der Waals surface area (Å²) >= 11 is 0. The van der Waals surface area contributed by atoms with E-state index in [4.69, 9.17) is 34.4 Å². The van der Waals surface area contributed by atoms with Crippen LogP contribution in [0.2, 0.25) is 0 Å². The molecule has 1 fully saturated rings. The molecule has 30 heteroatoms. The molecule has 0 aromatic heterocycles. The lowest BCUT2D eigenvalue weighted by Crippen LogP contribution is -2.43. The van der Waals surface area contributed by atoms with Gasteiger partial charge in [-0.2, -0.15) is 0 Å². The number of nitrogens with zero attached hydrogens (tertiary/aromatic N) is 3. The van der Waals surface area contributed by atoms with Crippen molar-refractivity contribution in [2.45, 2.75) is 315 Å². The maximum absolute atomic E-state index is 12.5. The van der Waals surface area contributed by atoms with Gasteiger partial charge in [-0.3, -0.25) is 30.3 Å². The first-order valence-electron chi connectivity index (χ1n) is 47.2. The Balaban J connectivity index is 0.000000405. The van der Waals surface area contributed by atoms with E-state index in [2.05, 4.69) is 125 Å². The quantitative estimate of drug-likeness (QED) is 0.00671. The second kappa shape index (κ2) is 64.9. The zero-order valence-corrected chi connectivity index (χ0v) is 77.3. The van der Waals surface area contributed by atoms with Crippen molar-refractivity contribution in [1.82, 2.24) is 31.9 Å². The van der Waals surface area contributed by atoms with E-state index >= 15 is 0 Å². The standard InChI is InChI=1S/2C33H51N5O5.C33H53N5O5/c1-3-4-6-17-29(39)27(30(40)38-33(35)43)18-19-36-32(34)37-28(31(41)42)22-26(21-25-15-9-11-23(2)20-25)16-10-14-24-12-7-5-8-13-24;1-3-5-7-11-23(12-10-13-24-17-18-25-14-8-9-15-26(25)21-24)22-28(31(41)42)37-32(34)36-20-19-27(29(39)16-6-4-2)30(40)38-33(35)43;1-2-3-5-16-26(19-10-17-24-12-6-4-7-13-24)23-28(31(41)42)37-32(34)36-22-21-27(30(40)38-33(35)43)29(39)20-11-18-25-14-8-9-15-25/h7,9-12,16,18,22-25,28-29,39H,3-6,8,13-15,17,19-21H2,1-2H3,(H,41,42)(H3,34,36,37)(H3,35,38,40,43);8,10,12,14,18-19,22,24,26,28-29,39H,3-7,9,11,13,15-17,20-21H2,1-2H3,(H,41,42)(H3,34,36,37)(H3,35,38,40,43);4,6,10,19,21,23-25,28-29,39H,2-3,5,7-9,11-18,20,22H2,1H3,(H,41,42)(H3,34,36,37)(H3,35,38,40,43)/b16-10+,26-22+,27-18-;12-10+,23-22-,27-19-;19-10+,26-23-,27-21-. The largest absolute Gasteiger partial charge is 0.479 e. The zero-order chi connectivity index (χ0) is 94.7. The monoisotopic (exact) mass is 1790 g/mol. The van der Waals surface area contributed by atoms with E-state index in [-0.39, 0.29) is 54.2 Å².